The molecule has 0 bridgehead atoms. The summed E-state index contributed by atoms with van der Waals surface area (Å²) in [5.41, 5.74) is 1.98. The molecule has 0 unspecified atom stereocenters. The quantitative estimate of drug-likeness (QED) is 0.320. The molecule has 0 saturated carbocycles. The van der Waals surface area contributed by atoms with Crippen LogP contribution in [0, 0.1) is 10.1 Å². The number of nitro benzene ring substituents is 1. The van der Waals surface area contributed by atoms with Crippen molar-refractivity contribution in [3.8, 4) is 0 Å². The molecule has 4 nitrogen and oxygen atoms in total. The van der Waals surface area contributed by atoms with Gasteiger partial charge in [-0.3, -0.25) is 10.1 Å². The van der Waals surface area contributed by atoms with E-state index in [-0.39, 0.29) is 34.6 Å². The molecule has 0 fully saturated rings. The number of non-ortho nitro benzene ring substituents is 1. The first-order valence-electron chi connectivity index (χ1n) is 5.53. The van der Waals surface area contributed by atoms with Crippen LogP contribution in [-0.2, 0) is 7.05 Å². The lowest BCUT2D eigenvalue weighted by atomic mass is 10.1. The average molecular weight is 368 g/mol. The number of nitro groups is 1. The smallest absolute Gasteiger partial charge is 0.270 e. The second-order valence-corrected chi connectivity index (χ2v) is 3.98. The van der Waals surface area contributed by atoms with E-state index in [2.05, 4.69) is 0 Å². The highest BCUT2D eigenvalue weighted by atomic mass is 127. The molecular formula is C14H13IN2O2. The molecule has 19 heavy (non-hydrogen) atoms. The van der Waals surface area contributed by atoms with Crippen molar-refractivity contribution in [2.24, 2.45) is 7.05 Å². The molecule has 0 spiro atoms. The van der Waals surface area contributed by atoms with E-state index in [0.29, 0.717) is 0 Å². The van der Waals surface area contributed by atoms with Crippen molar-refractivity contribution in [3.63, 3.8) is 0 Å². The van der Waals surface area contributed by atoms with Crippen molar-refractivity contribution in [1.29, 1.82) is 0 Å². The summed E-state index contributed by atoms with van der Waals surface area (Å²) >= 11 is 0. The molecule has 2 aromatic rings. The number of aromatic nitrogens is 1. The number of benzene rings is 1. The Bertz CT molecular complexity index is 595. The van der Waals surface area contributed by atoms with Crippen LogP contribution in [0.25, 0.3) is 12.2 Å². The Kier molecular flexibility index (Phi) is 5.62. The van der Waals surface area contributed by atoms with Crippen LogP contribution < -0.4 is 28.5 Å². The molecule has 0 saturated heterocycles. The minimum Gasteiger partial charge on any atom is -1.00 e. The van der Waals surface area contributed by atoms with Gasteiger partial charge >= 0.3 is 0 Å². The third-order valence-corrected chi connectivity index (χ3v) is 2.55. The molecule has 0 aliphatic rings. The zero-order valence-electron chi connectivity index (χ0n) is 10.4. The summed E-state index contributed by atoms with van der Waals surface area (Å²) in [6.45, 7) is 0. The number of rotatable bonds is 3. The Morgan fingerprint density at radius 1 is 1.11 bits per heavy atom. The van der Waals surface area contributed by atoms with Gasteiger partial charge in [0.1, 0.15) is 7.05 Å². The lowest BCUT2D eigenvalue weighted by molar-refractivity contribution is -0.671. The van der Waals surface area contributed by atoms with Gasteiger partial charge in [-0.15, -0.1) is 0 Å². The van der Waals surface area contributed by atoms with E-state index in [1.807, 2.05) is 54.4 Å². The van der Waals surface area contributed by atoms with Gasteiger partial charge in [-0.2, -0.15) is 0 Å². The maximum absolute atomic E-state index is 10.6. The Labute approximate surface area is 128 Å². The van der Waals surface area contributed by atoms with Gasteiger partial charge in [0.25, 0.3) is 5.69 Å². The molecule has 1 aromatic carbocycles. The molecule has 1 aromatic heterocycles. The Balaban J connectivity index is 0.00000180. The molecule has 5 heteroatoms. The average Bonchev–Trinajstić information content (AvgIpc) is 2.38. The van der Waals surface area contributed by atoms with E-state index < -0.39 is 0 Å². The number of hydrogen-bond donors (Lipinski definition) is 0. The summed E-state index contributed by atoms with van der Waals surface area (Å²) in [5.74, 6) is 0. The second kappa shape index (κ2) is 6.98. The predicted octanol–water partition coefficient (Wildman–Crippen LogP) is -0.406. The molecular weight excluding hydrogens is 355 g/mol. The highest BCUT2D eigenvalue weighted by Gasteiger charge is 2.03. The van der Waals surface area contributed by atoms with Gasteiger partial charge in [0, 0.05) is 24.3 Å². The maximum atomic E-state index is 10.6. The molecule has 2 rings (SSSR count). The largest absolute Gasteiger partial charge is 1.00 e. The number of aryl methyl sites for hydroxylation is 1. The molecule has 0 aliphatic carbocycles. The van der Waals surface area contributed by atoms with Gasteiger partial charge in [0.05, 0.1) is 4.92 Å². The van der Waals surface area contributed by atoms with E-state index in [0.717, 1.165) is 11.1 Å². The van der Waals surface area contributed by atoms with Crippen LogP contribution in [0.1, 0.15) is 11.1 Å². The minimum absolute atomic E-state index is 0. The first-order chi connectivity index (χ1) is 8.65. The standard InChI is InChI=1S/C14H13N2O2.HI/c1-15-9-7-12(8-10-15)5-6-13-3-2-4-14(11-13)16(17)18;/h2-11H,1H3;1H/q+1;/p-1/b6-5+;. The Morgan fingerprint density at radius 3 is 2.37 bits per heavy atom. The van der Waals surface area contributed by atoms with Gasteiger partial charge in [-0.1, -0.05) is 24.3 Å². The summed E-state index contributed by atoms with van der Waals surface area (Å²) in [5, 5.41) is 10.6. The Morgan fingerprint density at radius 2 is 1.74 bits per heavy atom. The molecule has 0 N–H and O–H groups in total. The van der Waals surface area contributed by atoms with Crippen molar-refractivity contribution in [1.82, 2.24) is 0 Å². The number of halogens is 1. The summed E-state index contributed by atoms with van der Waals surface area (Å²) in [6.07, 6.45) is 7.70. The summed E-state index contributed by atoms with van der Waals surface area (Å²) < 4.78 is 1.95. The van der Waals surface area contributed by atoms with E-state index in [9.17, 15) is 10.1 Å². The van der Waals surface area contributed by atoms with Crippen molar-refractivity contribution >= 4 is 17.8 Å². The number of nitrogens with zero attached hydrogens (tertiary/aromatic N) is 2. The van der Waals surface area contributed by atoms with Gasteiger partial charge in [0.2, 0.25) is 0 Å². The van der Waals surface area contributed by atoms with E-state index in [1.165, 1.54) is 6.07 Å². The van der Waals surface area contributed by atoms with Gasteiger partial charge in [0.15, 0.2) is 12.4 Å². The van der Waals surface area contributed by atoms with Crippen LogP contribution in [0.4, 0.5) is 5.69 Å². The SMILES string of the molecule is C[n+]1ccc(/C=C/c2cccc([N+](=O)[O-])c2)cc1.[I-]. The van der Waals surface area contributed by atoms with Gasteiger partial charge in [-0.05, 0) is 11.1 Å². The predicted molar refractivity (Wildman–Crippen MR) is 69.6 cm³/mol. The molecule has 0 aliphatic heterocycles. The molecule has 98 valence electrons. The fourth-order valence-corrected chi connectivity index (χ4v) is 1.56. The first kappa shape index (κ1) is 15.3. The van der Waals surface area contributed by atoms with E-state index in [4.69, 9.17) is 0 Å². The van der Waals surface area contributed by atoms with Crippen molar-refractivity contribution in [3.05, 3.63) is 70.0 Å². The van der Waals surface area contributed by atoms with Crippen molar-refractivity contribution in [2.45, 2.75) is 0 Å². The van der Waals surface area contributed by atoms with Crippen molar-refractivity contribution in [2.75, 3.05) is 0 Å². The monoisotopic (exact) mass is 368 g/mol. The third-order valence-electron chi connectivity index (χ3n) is 2.55. The molecule has 0 radical (unpaired) electrons. The highest BCUT2D eigenvalue weighted by Crippen LogP contribution is 2.15. The fraction of sp³-hybridized carbons (Fsp3) is 0.0714. The summed E-state index contributed by atoms with van der Waals surface area (Å²) in [6, 6.07) is 10.5. The van der Waals surface area contributed by atoms with E-state index >= 15 is 0 Å². The molecule has 0 atom stereocenters. The zero-order chi connectivity index (χ0) is 13.0. The van der Waals surface area contributed by atoms with Crippen molar-refractivity contribution < 1.29 is 33.5 Å². The summed E-state index contributed by atoms with van der Waals surface area (Å²) in [4.78, 5) is 10.3. The normalized spacial score (nSPS) is 10.2. The lowest BCUT2D eigenvalue weighted by Gasteiger charge is -1.95. The lowest BCUT2D eigenvalue weighted by Crippen LogP contribution is -3.00. The van der Waals surface area contributed by atoms with Crippen LogP contribution in [0.2, 0.25) is 0 Å². The molecule has 0 amide bonds. The summed E-state index contributed by atoms with van der Waals surface area (Å²) in [7, 11) is 1.95. The van der Waals surface area contributed by atoms with Crippen LogP contribution >= 0.6 is 0 Å². The van der Waals surface area contributed by atoms with Gasteiger partial charge < -0.3 is 24.0 Å². The number of pyridine rings is 1. The highest BCUT2D eigenvalue weighted by molar-refractivity contribution is 5.70. The molecule has 1 heterocycles. The second-order valence-electron chi connectivity index (χ2n) is 3.98. The number of hydrogen-bond acceptors (Lipinski definition) is 2. The Hall–Kier alpha value is -1.76. The van der Waals surface area contributed by atoms with Crippen LogP contribution in [0.5, 0.6) is 0 Å². The van der Waals surface area contributed by atoms with Crippen LogP contribution in [-0.4, -0.2) is 4.92 Å². The zero-order valence-corrected chi connectivity index (χ0v) is 12.5. The van der Waals surface area contributed by atoms with Crippen LogP contribution in [0.15, 0.2) is 48.8 Å². The van der Waals surface area contributed by atoms with Gasteiger partial charge in [-0.25, -0.2) is 4.57 Å². The van der Waals surface area contributed by atoms with E-state index in [1.54, 1.807) is 12.1 Å². The topological polar surface area (TPSA) is 47.0 Å². The third kappa shape index (κ3) is 4.44. The first-order valence-corrected chi connectivity index (χ1v) is 5.53. The maximum Gasteiger partial charge on any atom is 0.270 e. The minimum atomic E-state index is -0.389. The van der Waals surface area contributed by atoms with Crippen LogP contribution in [0.3, 0.4) is 0 Å². The fourth-order valence-electron chi connectivity index (χ4n) is 1.56.